The number of hydrogen-bond donors (Lipinski definition) is 2. The highest BCUT2D eigenvalue weighted by Crippen LogP contribution is 2.19. The molecule has 6 heteroatoms. The monoisotopic (exact) mass is 240 g/mol. The maximum absolute atomic E-state index is 11.3. The van der Waals surface area contributed by atoms with E-state index in [4.69, 9.17) is 22.7 Å². The van der Waals surface area contributed by atoms with Crippen LogP contribution >= 0.6 is 11.6 Å². The molecule has 0 unspecified atom stereocenters. The zero-order chi connectivity index (χ0) is 11.7. The van der Waals surface area contributed by atoms with Gasteiger partial charge in [-0.15, -0.1) is 0 Å². The molecular formula is C10H13ClN4O. The maximum Gasteiger partial charge on any atom is 0.251 e. The third-order valence-electron chi connectivity index (χ3n) is 2.70. The predicted molar refractivity (Wildman–Crippen MR) is 62.7 cm³/mol. The van der Waals surface area contributed by atoms with Gasteiger partial charge < -0.3 is 10.6 Å². The van der Waals surface area contributed by atoms with E-state index in [1.807, 2.05) is 4.90 Å². The van der Waals surface area contributed by atoms with Crippen LogP contribution in [0.25, 0.3) is 0 Å². The smallest absolute Gasteiger partial charge is 0.251 e. The van der Waals surface area contributed by atoms with Crippen molar-refractivity contribution in [1.82, 2.24) is 4.90 Å². The number of carbonyl (C=O) groups excluding carboxylic acids is 1. The van der Waals surface area contributed by atoms with Crippen LogP contribution in [0.4, 0.5) is 0 Å². The minimum atomic E-state index is -0.261. The topological polar surface area (TPSA) is 82.5 Å². The number of nitrogens with one attached hydrogen (secondary N) is 1. The summed E-state index contributed by atoms with van der Waals surface area (Å²) < 4.78 is 0. The molecule has 16 heavy (non-hydrogen) atoms. The number of nitrogens with zero attached hydrogens (tertiary/aromatic N) is 2. The summed E-state index contributed by atoms with van der Waals surface area (Å²) in [5.74, 6) is 0.311. The first kappa shape index (κ1) is 11.1. The van der Waals surface area contributed by atoms with Crippen molar-refractivity contribution in [3.8, 4) is 0 Å². The number of amides is 1. The molecule has 0 aliphatic carbocycles. The van der Waals surface area contributed by atoms with E-state index in [2.05, 4.69) is 4.99 Å². The number of aliphatic imine (C=N–C) groups is 1. The van der Waals surface area contributed by atoms with Crippen molar-refractivity contribution in [2.75, 3.05) is 13.1 Å². The van der Waals surface area contributed by atoms with Gasteiger partial charge in [-0.25, -0.2) is 4.99 Å². The minimum Gasteiger partial charge on any atom is -0.400 e. The van der Waals surface area contributed by atoms with Crippen LogP contribution in [0.2, 0.25) is 0 Å². The largest absolute Gasteiger partial charge is 0.400 e. The molecule has 5 nitrogen and oxygen atoms in total. The van der Waals surface area contributed by atoms with E-state index < -0.39 is 0 Å². The van der Waals surface area contributed by atoms with Crippen molar-refractivity contribution in [1.29, 1.82) is 5.41 Å². The van der Waals surface area contributed by atoms with Crippen LogP contribution in [0.5, 0.6) is 0 Å². The highest BCUT2D eigenvalue weighted by molar-refractivity contribution is 6.45. The van der Waals surface area contributed by atoms with E-state index in [-0.39, 0.29) is 12.3 Å². The van der Waals surface area contributed by atoms with Gasteiger partial charge in [0.15, 0.2) is 0 Å². The van der Waals surface area contributed by atoms with Gasteiger partial charge in [0.2, 0.25) is 0 Å². The maximum atomic E-state index is 11.3. The summed E-state index contributed by atoms with van der Waals surface area (Å²) >= 11 is 6.00. The van der Waals surface area contributed by atoms with Crippen molar-refractivity contribution in [3.05, 3.63) is 10.7 Å². The van der Waals surface area contributed by atoms with Gasteiger partial charge in [-0.3, -0.25) is 10.2 Å². The van der Waals surface area contributed by atoms with Gasteiger partial charge in [0, 0.05) is 18.7 Å². The average Bonchev–Trinajstić information content (AvgIpc) is 2.60. The quantitative estimate of drug-likeness (QED) is 0.750. The summed E-state index contributed by atoms with van der Waals surface area (Å²) in [6.07, 6.45) is 1.84. The fourth-order valence-corrected chi connectivity index (χ4v) is 2.02. The van der Waals surface area contributed by atoms with Gasteiger partial charge in [-0.2, -0.15) is 0 Å². The van der Waals surface area contributed by atoms with Crippen LogP contribution in [-0.4, -0.2) is 35.4 Å². The number of likely N-dealkylation sites (tertiary alicyclic amines) is 1. The van der Waals surface area contributed by atoms with E-state index in [0.717, 1.165) is 19.4 Å². The third kappa shape index (κ3) is 2.09. The Morgan fingerprint density at radius 3 is 2.94 bits per heavy atom. The molecule has 2 aliphatic heterocycles. The van der Waals surface area contributed by atoms with E-state index in [9.17, 15) is 4.79 Å². The molecule has 86 valence electrons. The van der Waals surface area contributed by atoms with Crippen molar-refractivity contribution in [2.45, 2.75) is 19.3 Å². The Balaban J connectivity index is 2.14. The molecule has 0 radical (unpaired) electrons. The number of rotatable bonds is 2. The molecular weight excluding hydrogens is 228 g/mol. The molecule has 3 N–H and O–H groups in total. The summed E-state index contributed by atoms with van der Waals surface area (Å²) in [5.41, 5.74) is 6.51. The second-order valence-electron chi connectivity index (χ2n) is 3.94. The second-order valence-corrected chi connectivity index (χ2v) is 4.32. The minimum absolute atomic E-state index is 0.0970. The SMILES string of the molecule is N=C1CCCN1CC1=NC(=O)CC(N)=C1Cl. The van der Waals surface area contributed by atoms with E-state index in [0.29, 0.717) is 28.8 Å². The standard InChI is InChI=1S/C10H13ClN4O/c11-10-6(12)4-9(16)14-7(10)5-15-3-1-2-8(15)13/h13H,1-5,12H2. The zero-order valence-corrected chi connectivity index (χ0v) is 9.55. The second kappa shape index (κ2) is 4.25. The average molecular weight is 241 g/mol. The number of nitrogens with two attached hydrogens (primary N) is 1. The highest BCUT2D eigenvalue weighted by atomic mass is 35.5. The summed E-state index contributed by atoms with van der Waals surface area (Å²) in [7, 11) is 0. The Kier molecular flexibility index (Phi) is 2.96. The first-order chi connectivity index (χ1) is 7.58. The van der Waals surface area contributed by atoms with Crippen LogP contribution < -0.4 is 5.73 Å². The molecule has 0 aromatic carbocycles. The number of hydrogen-bond acceptors (Lipinski definition) is 3. The van der Waals surface area contributed by atoms with Crippen LogP contribution in [0, 0.1) is 5.41 Å². The Bertz CT molecular complexity index is 413. The molecule has 0 aromatic heterocycles. The lowest BCUT2D eigenvalue weighted by molar-refractivity contribution is -0.117. The highest BCUT2D eigenvalue weighted by Gasteiger charge is 2.24. The zero-order valence-electron chi connectivity index (χ0n) is 8.79. The van der Waals surface area contributed by atoms with Crippen LogP contribution in [0.3, 0.4) is 0 Å². The van der Waals surface area contributed by atoms with Gasteiger partial charge in [0.05, 0.1) is 29.5 Å². The molecule has 1 amide bonds. The Labute approximate surface area is 98.5 Å². The summed E-state index contributed by atoms with van der Waals surface area (Å²) in [6, 6.07) is 0. The molecule has 0 spiro atoms. The first-order valence-corrected chi connectivity index (χ1v) is 5.53. The van der Waals surface area contributed by atoms with Gasteiger partial charge in [0.1, 0.15) is 0 Å². The predicted octanol–water partition coefficient (Wildman–Crippen LogP) is 0.840. The van der Waals surface area contributed by atoms with Crippen molar-refractivity contribution < 1.29 is 4.79 Å². The molecule has 0 saturated carbocycles. The Morgan fingerprint density at radius 2 is 2.31 bits per heavy atom. The lowest BCUT2D eigenvalue weighted by Gasteiger charge is -2.20. The Morgan fingerprint density at radius 1 is 1.56 bits per heavy atom. The summed E-state index contributed by atoms with van der Waals surface area (Å²) in [5, 5.41) is 8.06. The lowest BCUT2D eigenvalue weighted by atomic mass is 10.1. The fraction of sp³-hybridized carbons (Fsp3) is 0.500. The van der Waals surface area contributed by atoms with Crippen LogP contribution in [-0.2, 0) is 4.79 Å². The number of halogens is 1. The first-order valence-electron chi connectivity index (χ1n) is 5.15. The molecule has 1 fully saturated rings. The molecule has 0 aromatic rings. The molecule has 1 saturated heterocycles. The number of amidine groups is 1. The molecule has 2 aliphatic rings. The number of dihydropyridines is 1. The fourth-order valence-electron chi connectivity index (χ4n) is 1.86. The summed E-state index contributed by atoms with van der Waals surface area (Å²) in [6.45, 7) is 1.22. The van der Waals surface area contributed by atoms with Gasteiger partial charge in [-0.05, 0) is 6.42 Å². The normalized spacial score (nSPS) is 21.8. The molecule has 2 heterocycles. The molecule has 0 bridgehead atoms. The third-order valence-corrected chi connectivity index (χ3v) is 3.16. The van der Waals surface area contributed by atoms with Crippen molar-refractivity contribution in [3.63, 3.8) is 0 Å². The van der Waals surface area contributed by atoms with Crippen molar-refractivity contribution >= 4 is 29.1 Å². The van der Waals surface area contributed by atoms with Crippen LogP contribution in [0.15, 0.2) is 15.7 Å². The van der Waals surface area contributed by atoms with Crippen LogP contribution in [0.1, 0.15) is 19.3 Å². The molecule has 0 atom stereocenters. The van der Waals surface area contributed by atoms with Gasteiger partial charge in [-0.1, -0.05) is 11.6 Å². The lowest BCUT2D eigenvalue weighted by Crippen LogP contribution is -2.33. The summed E-state index contributed by atoms with van der Waals surface area (Å²) in [4.78, 5) is 17.0. The van der Waals surface area contributed by atoms with Gasteiger partial charge >= 0.3 is 0 Å². The van der Waals surface area contributed by atoms with E-state index >= 15 is 0 Å². The van der Waals surface area contributed by atoms with E-state index in [1.165, 1.54) is 0 Å². The van der Waals surface area contributed by atoms with E-state index in [1.54, 1.807) is 0 Å². The Hall–Kier alpha value is -1.36. The van der Waals surface area contributed by atoms with Gasteiger partial charge in [0.25, 0.3) is 5.91 Å². The number of carbonyl (C=O) groups is 1. The molecule has 2 rings (SSSR count). The van der Waals surface area contributed by atoms with Crippen molar-refractivity contribution in [2.24, 2.45) is 10.7 Å².